The monoisotopic (exact) mass is 226 g/mol. The molecule has 86 valence electrons. The zero-order chi connectivity index (χ0) is 11.7. The van der Waals surface area contributed by atoms with Gasteiger partial charge in [-0.25, -0.2) is 4.39 Å². The zero-order valence-electron chi connectivity index (χ0n) is 8.70. The van der Waals surface area contributed by atoms with Crippen molar-refractivity contribution in [3.8, 4) is 5.75 Å². The Kier molecular flexibility index (Phi) is 2.74. The third kappa shape index (κ3) is 1.96. The summed E-state index contributed by atoms with van der Waals surface area (Å²) in [6.45, 7) is 2.91. The molecule has 1 aromatic rings. The summed E-state index contributed by atoms with van der Waals surface area (Å²) in [5.74, 6) is -0.612. The van der Waals surface area contributed by atoms with Crippen LogP contribution in [-0.4, -0.2) is 24.1 Å². The number of benzene rings is 1. The number of halogens is 1. The van der Waals surface area contributed by atoms with Crippen molar-refractivity contribution in [2.24, 2.45) is 0 Å². The Morgan fingerprint density at radius 2 is 2.25 bits per heavy atom. The van der Waals surface area contributed by atoms with Crippen molar-refractivity contribution in [1.29, 1.82) is 0 Å². The van der Waals surface area contributed by atoms with Gasteiger partial charge in [-0.1, -0.05) is 0 Å². The normalized spacial score (nSPS) is 15.6. The quantitative estimate of drug-likeness (QED) is 0.625. The van der Waals surface area contributed by atoms with E-state index < -0.39 is 10.7 Å². The second-order valence-corrected chi connectivity index (χ2v) is 3.72. The van der Waals surface area contributed by atoms with Gasteiger partial charge in [0.25, 0.3) is 5.69 Å². The van der Waals surface area contributed by atoms with E-state index in [9.17, 15) is 14.5 Å². The van der Waals surface area contributed by atoms with Gasteiger partial charge in [0.05, 0.1) is 11.0 Å². The van der Waals surface area contributed by atoms with Crippen molar-refractivity contribution in [1.82, 2.24) is 5.32 Å². The first kappa shape index (κ1) is 10.8. The van der Waals surface area contributed by atoms with E-state index >= 15 is 0 Å². The molecule has 1 heterocycles. The maximum atomic E-state index is 13.5. The first-order valence-corrected chi connectivity index (χ1v) is 4.90. The SMILES string of the molecule is Cc1cc(OC2CNC2)c(F)cc1[N+](=O)[O-]. The number of nitrogens with zero attached hydrogens (tertiary/aromatic N) is 1. The Labute approximate surface area is 91.4 Å². The van der Waals surface area contributed by atoms with Crippen LogP contribution in [0.15, 0.2) is 12.1 Å². The highest BCUT2D eigenvalue weighted by molar-refractivity contribution is 5.45. The molecule has 0 amide bonds. The second-order valence-electron chi connectivity index (χ2n) is 3.72. The average molecular weight is 226 g/mol. The Hall–Kier alpha value is -1.69. The minimum Gasteiger partial charge on any atom is -0.485 e. The first-order valence-electron chi connectivity index (χ1n) is 4.90. The van der Waals surface area contributed by atoms with E-state index in [1.165, 1.54) is 6.07 Å². The predicted molar refractivity (Wildman–Crippen MR) is 55.1 cm³/mol. The van der Waals surface area contributed by atoms with E-state index in [1.54, 1.807) is 6.92 Å². The van der Waals surface area contributed by atoms with Gasteiger partial charge in [-0.15, -0.1) is 0 Å². The molecular weight excluding hydrogens is 215 g/mol. The minimum atomic E-state index is -0.691. The van der Waals surface area contributed by atoms with E-state index in [1.807, 2.05) is 0 Å². The average Bonchev–Trinajstić information content (AvgIpc) is 2.15. The Morgan fingerprint density at radius 1 is 1.56 bits per heavy atom. The van der Waals surface area contributed by atoms with Gasteiger partial charge in [0.2, 0.25) is 0 Å². The standard InChI is InChI=1S/C10H11FN2O3/c1-6-2-10(16-7-4-12-5-7)8(11)3-9(6)13(14)15/h2-3,7,12H,4-5H2,1H3. The number of hydrogen-bond donors (Lipinski definition) is 1. The lowest BCUT2D eigenvalue weighted by Gasteiger charge is -2.28. The molecule has 16 heavy (non-hydrogen) atoms. The molecule has 1 aromatic carbocycles. The highest BCUT2D eigenvalue weighted by Crippen LogP contribution is 2.27. The molecule has 1 fully saturated rings. The molecule has 1 aliphatic heterocycles. The number of nitrogens with one attached hydrogen (secondary N) is 1. The molecule has 6 heteroatoms. The lowest BCUT2D eigenvalue weighted by Crippen LogP contribution is -2.50. The molecule has 0 unspecified atom stereocenters. The number of nitro benzene ring substituents is 1. The van der Waals surface area contributed by atoms with Gasteiger partial charge in [0.15, 0.2) is 11.6 Å². The third-order valence-electron chi connectivity index (χ3n) is 2.48. The third-order valence-corrected chi connectivity index (χ3v) is 2.48. The number of hydrogen-bond acceptors (Lipinski definition) is 4. The van der Waals surface area contributed by atoms with Gasteiger partial charge < -0.3 is 10.1 Å². The van der Waals surface area contributed by atoms with Gasteiger partial charge >= 0.3 is 0 Å². The van der Waals surface area contributed by atoms with Crippen LogP contribution in [0.5, 0.6) is 5.75 Å². The van der Waals surface area contributed by atoms with E-state index in [4.69, 9.17) is 4.74 Å². The largest absolute Gasteiger partial charge is 0.485 e. The van der Waals surface area contributed by atoms with Gasteiger partial charge in [0, 0.05) is 18.7 Å². The summed E-state index contributed by atoms with van der Waals surface area (Å²) < 4.78 is 18.8. The maximum Gasteiger partial charge on any atom is 0.275 e. The Morgan fingerprint density at radius 3 is 2.75 bits per heavy atom. The van der Waals surface area contributed by atoms with Crippen molar-refractivity contribution in [3.63, 3.8) is 0 Å². The van der Waals surface area contributed by atoms with Gasteiger partial charge in [-0.3, -0.25) is 10.1 Å². The van der Waals surface area contributed by atoms with Crippen molar-refractivity contribution >= 4 is 5.69 Å². The lowest BCUT2D eigenvalue weighted by atomic mass is 10.1. The molecule has 0 radical (unpaired) electrons. The number of nitro groups is 1. The summed E-state index contributed by atoms with van der Waals surface area (Å²) in [5.41, 5.74) is 0.172. The fourth-order valence-electron chi connectivity index (χ4n) is 1.46. The van der Waals surface area contributed by atoms with E-state index in [0.29, 0.717) is 18.7 Å². The van der Waals surface area contributed by atoms with Crippen LogP contribution in [0.4, 0.5) is 10.1 Å². The van der Waals surface area contributed by atoms with Crippen molar-refractivity contribution in [2.45, 2.75) is 13.0 Å². The van der Waals surface area contributed by atoms with E-state index in [2.05, 4.69) is 5.32 Å². The van der Waals surface area contributed by atoms with Crippen molar-refractivity contribution in [3.05, 3.63) is 33.6 Å². The molecule has 2 rings (SSSR count). The molecule has 0 aromatic heterocycles. The highest BCUT2D eigenvalue weighted by atomic mass is 19.1. The maximum absolute atomic E-state index is 13.5. The van der Waals surface area contributed by atoms with Crippen LogP contribution in [0, 0.1) is 22.9 Å². The van der Waals surface area contributed by atoms with Gasteiger partial charge in [-0.2, -0.15) is 0 Å². The van der Waals surface area contributed by atoms with Crippen LogP contribution in [0.1, 0.15) is 5.56 Å². The fraction of sp³-hybridized carbons (Fsp3) is 0.400. The van der Waals surface area contributed by atoms with Gasteiger partial charge in [0.1, 0.15) is 6.10 Å². The Balaban J connectivity index is 2.25. The highest BCUT2D eigenvalue weighted by Gasteiger charge is 2.22. The molecule has 1 aliphatic rings. The van der Waals surface area contributed by atoms with Crippen LogP contribution < -0.4 is 10.1 Å². The summed E-state index contributed by atoms with van der Waals surface area (Å²) in [4.78, 5) is 9.96. The summed E-state index contributed by atoms with van der Waals surface area (Å²) in [6, 6.07) is 2.27. The molecule has 1 N–H and O–H groups in total. The van der Waals surface area contributed by atoms with Crippen LogP contribution >= 0.6 is 0 Å². The summed E-state index contributed by atoms with van der Waals surface area (Å²) >= 11 is 0. The molecule has 0 aliphatic carbocycles. The van der Waals surface area contributed by atoms with Crippen LogP contribution in [-0.2, 0) is 0 Å². The van der Waals surface area contributed by atoms with Gasteiger partial charge in [-0.05, 0) is 13.0 Å². The zero-order valence-corrected chi connectivity index (χ0v) is 8.70. The molecule has 0 spiro atoms. The van der Waals surface area contributed by atoms with E-state index in [0.717, 1.165) is 6.07 Å². The van der Waals surface area contributed by atoms with Crippen LogP contribution in [0.2, 0.25) is 0 Å². The fourth-order valence-corrected chi connectivity index (χ4v) is 1.46. The van der Waals surface area contributed by atoms with Crippen molar-refractivity contribution in [2.75, 3.05) is 13.1 Å². The van der Waals surface area contributed by atoms with E-state index in [-0.39, 0.29) is 17.5 Å². The van der Waals surface area contributed by atoms with Crippen LogP contribution in [0.3, 0.4) is 0 Å². The minimum absolute atomic E-state index is 0.0460. The predicted octanol–water partition coefficient (Wildman–Crippen LogP) is 1.39. The topological polar surface area (TPSA) is 64.4 Å². The summed E-state index contributed by atoms with van der Waals surface area (Å²) in [6.07, 6.45) is -0.0460. The number of ether oxygens (including phenoxy) is 1. The number of aryl methyl sites for hydroxylation is 1. The van der Waals surface area contributed by atoms with Crippen LogP contribution in [0.25, 0.3) is 0 Å². The second kappa shape index (κ2) is 4.05. The molecule has 0 saturated carbocycles. The Bertz CT molecular complexity index is 432. The number of rotatable bonds is 3. The summed E-state index contributed by atoms with van der Waals surface area (Å²) in [7, 11) is 0. The summed E-state index contributed by atoms with van der Waals surface area (Å²) in [5, 5.41) is 13.6. The lowest BCUT2D eigenvalue weighted by molar-refractivity contribution is -0.385. The molecular formula is C10H11FN2O3. The smallest absolute Gasteiger partial charge is 0.275 e. The van der Waals surface area contributed by atoms with Crippen molar-refractivity contribution < 1.29 is 14.1 Å². The molecule has 1 saturated heterocycles. The molecule has 0 atom stereocenters. The molecule has 0 bridgehead atoms. The molecule has 5 nitrogen and oxygen atoms in total. The first-order chi connectivity index (χ1) is 7.58.